The summed E-state index contributed by atoms with van der Waals surface area (Å²) in [4.78, 5) is 42.1. The molecule has 0 spiro atoms. The predicted molar refractivity (Wildman–Crippen MR) is 178 cm³/mol. The Morgan fingerprint density at radius 1 is 0.800 bits per heavy atom. The molecule has 0 unspecified atom stereocenters. The van der Waals surface area contributed by atoms with Gasteiger partial charge in [0.1, 0.15) is 6.61 Å². The smallest absolute Gasteiger partial charge is 0.410 e. The summed E-state index contributed by atoms with van der Waals surface area (Å²) < 4.78 is 4.96. The number of nitrogens with zero attached hydrogens (tertiary/aromatic N) is 2. The van der Waals surface area contributed by atoms with Gasteiger partial charge in [0.15, 0.2) is 0 Å². The molecule has 4 aromatic carbocycles. The van der Waals surface area contributed by atoms with E-state index in [0.717, 1.165) is 16.7 Å². The van der Waals surface area contributed by atoms with Crippen LogP contribution in [0.2, 0.25) is 0 Å². The fourth-order valence-corrected chi connectivity index (χ4v) is 8.06. The molecule has 7 heteroatoms. The van der Waals surface area contributed by atoms with Gasteiger partial charge in [0.05, 0.1) is 21.9 Å². The molecule has 0 radical (unpaired) electrons. The lowest BCUT2D eigenvalue weighted by Gasteiger charge is -2.37. The average Bonchev–Trinajstić information content (AvgIpc) is 3.61. The number of carbonyl (C=O) groups is 3. The Labute approximate surface area is 268 Å². The van der Waals surface area contributed by atoms with Crippen molar-refractivity contribution in [3.63, 3.8) is 0 Å². The molecule has 2 heterocycles. The first kappa shape index (κ1) is 30.2. The van der Waals surface area contributed by atoms with Crippen LogP contribution in [-0.4, -0.2) is 58.7 Å². The largest absolute Gasteiger partial charge is 0.445 e. The standard InChI is InChI=1S/C38H34N2O4S/c1-2-25-44-37(43)40-27-32(26-31(40)21-14-24-39-35(41)33-22-12-13-23-34(33)36(39)42)45-38(28-15-6-3-7-16-28,29-17-8-4-9-18-29)30-19-10-5-11-20-30/h2-23,31-32H,1,24-27H2/b21-14-/t31-,32+/m1/s1. The Bertz CT molecular complexity index is 1580. The first-order chi connectivity index (χ1) is 22.0. The van der Waals surface area contributed by atoms with Gasteiger partial charge in [-0.05, 0) is 35.2 Å². The summed E-state index contributed by atoms with van der Waals surface area (Å²) >= 11 is 1.84. The Balaban J connectivity index is 1.31. The van der Waals surface area contributed by atoms with E-state index in [-0.39, 0.29) is 36.3 Å². The molecule has 1 fully saturated rings. The summed E-state index contributed by atoms with van der Waals surface area (Å²) in [6.45, 7) is 4.39. The number of benzene rings is 4. The van der Waals surface area contributed by atoms with E-state index < -0.39 is 10.8 Å². The van der Waals surface area contributed by atoms with Crippen molar-refractivity contribution in [3.8, 4) is 0 Å². The maximum atomic E-state index is 13.3. The van der Waals surface area contributed by atoms with Crippen LogP contribution >= 0.6 is 11.8 Å². The summed E-state index contributed by atoms with van der Waals surface area (Å²) in [5.41, 5.74) is 4.29. The molecule has 45 heavy (non-hydrogen) atoms. The lowest BCUT2D eigenvalue weighted by atomic mass is 9.84. The summed E-state index contributed by atoms with van der Waals surface area (Å²) in [5.74, 6) is -0.610. The number of hydrogen-bond donors (Lipinski definition) is 0. The molecule has 0 aromatic heterocycles. The van der Waals surface area contributed by atoms with Crippen LogP contribution in [0.5, 0.6) is 0 Å². The average molecular weight is 615 g/mol. The molecule has 2 aliphatic heterocycles. The van der Waals surface area contributed by atoms with Crippen molar-refractivity contribution in [2.24, 2.45) is 0 Å². The lowest BCUT2D eigenvalue weighted by molar-refractivity contribution is 0.0671. The molecule has 0 aliphatic carbocycles. The number of amides is 3. The van der Waals surface area contributed by atoms with E-state index in [1.807, 2.05) is 42.1 Å². The van der Waals surface area contributed by atoms with Crippen LogP contribution in [0.1, 0.15) is 43.8 Å². The van der Waals surface area contributed by atoms with Gasteiger partial charge in [0.2, 0.25) is 0 Å². The molecule has 3 amide bonds. The van der Waals surface area contributed by atoms with Crippen LogP contribution in [-0.2, 0) is 9.48 Å². The third kappa shape index (κ3) is 5.96. The van der Waals surface area contributed by atoms with Crippen molar-refractivity contribution in [2.45, 2.75) is 22.5 Å². The van der Waals surface area contributed by atoms with Crippen molar-refractivity contribution in [3.05, 3.63) is 168 Å². The van der Waals surface area contributed by atoms with Gasteiger partial charge < -0.3 is 9.64 Å². The number of ether oxygens (including phenoxy) is 1. The molecule has 0 N–H and O–H groups in total. The van der Waals surface area contributed by atoms with Crippen LogP contribution in [0.25, 0.3) is 0 Å². The highest BCUT2D eigenvalue weighted by Gasteiger charge is 2.44. The number of carbonyl (C=O) groups excluding carboxylic acids is 3. The van der Waals surface area contributed by atoms with Gasteiger partial charge in [-0.3, -0.25) is 14.5 Å². The summed E-state index contributed by atoms with van der Waals surface area (Å²) in [5, 5.41) is 0.0378. The topological polar surface area (TPSA) is 66.9 Å². The Hall–Kier alpha value is -4.88. The van der Waals surface area contributed by atoms with Crippen LogP contribution in [0.3, 0.4) is 0 Å². The molecule has 1 saturated heterocycles. The zero-order chi connectivity index (χ0) is 31.2. The first-order valence-corrected chi connectivity index (χ1v) is 15.9. The second-order valence-corrected chi connectivity index (χ2v) is 12.5. The molecule has 226 valence electrons. The zero-order valence-corrected chi connectivity index (χ0v) is 25.6. The highest BCUT2D eigenvalue weighted by Crippen LogP contribution is 2.52. The minimum Gasteiger partial charge on any atom is -0.445 e. The number of thioether (sulfide) groups is 1. The van der Waals surface area contributed by atoms with Crippen LogP contribution in [0.4, 0.5) is 4.79 Å². The Morgan fingerprint density at radius 2 is 1.29 bits per heavy atom. The summed E-state index contributed by atoms with van der Waals surface area (Å²) in [7, 11) is 0. The van der Waals surface area contributed by atoms with E-state index in [9.17, 15) is 14.4 Å². The Kier molecular flexibility index (Phi) is 8.98. The second kappa shape index (κ2) is 13.4. The number of hydrogen-bond acceptors (Lipinski definition) is 5. The van der Waals surface area contributed by atoms with Gasteiger partial charge in [0, 0.05) is 18.3 Å². The molecular weight excluding hydrogens is 580 g/mol. The maximum absolute atomic E-state index is 13.3. The highest BCUT2D eigenvalue weighted by molar-refractivity contribution is 8.01. The van der Waals surface area contributed by atoms with E-state index in [4.69, 9.17) is 4.74 Å². The van der Waals surface area contributed by atoms with Gasteiger partial charge in [0.25, 0.3) is 11.8 Å². The first-order valence-electron chi connectivity index (χ1n) is 15.0. The number of fused-ring (bicyclic) bond motifs is 1. The van der Waals surface area contributed by atoms with Gasteiger partial charge in [-0.15, -0.1) is 11.8 Å². The van der Waals surface area contributed by atoms with Crippen molar-refractivity contribution >= 4 is 29.7 Å². The third-order valence-electron chi connectivity index (χ3n) is 8.27. The van der Waals surface area contributed by atoms with Crippen molar-refractivity contribution in [2.75, 3.05) is 19.7 Å². The molecule has 0 saturated carbocycles. The minimum atomic E-state index is -0.538. The number of rotatable bonds is 10. The monoisotopic (exact) mass is 614 g/mol. The summed E-state index contributed by atoms with van der Waals surface area (Å²) in [6, 6.07) is 38.0. The maximum Gasteiger partial charge on any atom is 0.410 e. The molecule has 6 nitrogen and oxygen atoms in total. The molecular formula is C38H34N2O4S. The Morgan fingerprint density at radius 3 is 1.78 bits per heavy atom. The fraction of sp³-hybridized carbons (Fsp3) is 0.184. The molecule has 0 bridgehead atoms. The van der Waals surface area contributed by atoms with E-state index in [1.165, 1.54) is 4.90 Å². The van der Waals surface area contributed by atoms with Crippen molar-refractivity contribution in [1.82, 2.24) is 9.80 Å². The lowest BCUT2D eigenvalue weighted by Crippen LogP contribution is -2.36. The number of likely N-dealkylation sites (tertiary alicyclic amines) is 1. The van der Waals surface area contributed by atoms with E-state index in [0.29, 0.717) is 24.1 Å². The van der Waals surface area contributed by atoms with Gasteiger partial charge in [-0.1, -0.05) is 128 Å². The molecule has 6 rings (SSSR count). The highest BCUT2D eigenvalue weighted by atomic mass is 32.2. The normalized spacial score (nSPS) is 18.0. The second-order valence-electron chi connectivity index (χ2n) is 11.0. The summed E-state index contributed by atoms with van der Waals surface area (Å²) in [6.07, 6.45) is 5.54. The van der Waals surface area contributed by atoms with E-state index in [1.54, 1.807) is 35.2 Å². The van der Waals surface area contributed by atoms with Gasteiger partial charge in [-0.2, -0.15) is 0 Å². The zero-order valence-electron chi connectivity index (χ0n) is 24.8. The van der Waals surface area contributed by atoms with E-state index >= 15 is 0 Å². The van der Waals surface area contributed by atoms with Gasteiger partial charge >= 0.3 is 6.09 Å². The van der Waals surface area contributed by atoms with Crippen LogP contribution in [0.15, 0.2) is 140 Å². The third-order valence-corrected chi connectivity index (χ3v) is 10.0. The quantitative estimate of drug-likeness (QED) is 0.106. The molecule has 2 atom stereocenters. The van der Waals surface area contributed by atoms with Crippen molar-refractivity contribution < 1.29 is 19.1 Å². The fourth-order valence-electron chi connectivity index (χ4n) is 6.22. The van der Waals surface area contributed by atoms with Crippen LogP contribution in [0, 0.1) is 0 Å². The number of imide groups is 1. The SMILES string of the molecule is C=CCOC(=O)N1C[C@@H](SC(c2ccccc2)(c2ccccc2)c2ccccc2)C[C@H]1/C=C\CN1C(=O)c2ccccc2C1=O. The van der Waals surface area contributed by atoms with Crippen molar-refractivity contribution in [1.29, 1.82) is 0 Å². The molecule has 2 aliphatic rings. The van der Waals surface area contributed by atoms with Gasteiger partial charge in [-0.25, -0.2) is 4.79 Å². The molecule has 4 aromatic rings. The minimum absolute atomic E-state index is 0.0378. The van der Waals surface area contributed by atoms with Crippen LogP contribution < -0.4 is 0 Å². The van der Waals surface area contributed by atoms with E-state index in [2.05, 4.69) is 79.4 Å². The predicted octanol–water partition coefficient (Wildman–Crippen LogP) is 7.33.